The molecule has 0 bridgehead atoms. The van der Waals surface area contributed by atoms with Gasteiger partial charge in [-0.05, 0) is 25.0 Å². The van der Waals surface area contributed by atoms with Crippen molar-refractivity contribution >= 4 is 23.2 Å². The molecule has 7 heteroatoms. The number of rotatable bonds is 7. The maximum Gasteiger partial charge on any atom is 0.185 e. The highest BCUT2D eigenvalue weighted by Gasteiger charge is 2.04. The second kappa shape index (κ2) is 8.52. The standard InChI is InChI=1S/C13H21N7/c1-17-11(8-5-9-18-13(15)16)12(14)20-19-10-6-3-2-4-7-10/h2-4,6-7,19H,5,8-9H2,1H3,(H2,14,20)(H4,15,16,18). The highest BCUT2D eigenvalue weighted by molar-refractivity contribution is 6.40. The molecular formula is C13H21N7. The predicted octanol–water partition coefficient (Wildman–Crippen LogP) is 0.495. The van der Waals surface area contributed by atoms with Gasteiger partial charge in [0.25, 0.3) is 0 Å². The summed E-state index contributed by atoms with van der Waals surface area (Å²) in [5.74, 6) is 0.452. The van der Waals surface area contributed by atoms with Gasteiger partial charge < -0.3 is 17.2 Å². The van der Waals surface area contributed by atoms with Crippen LogP contribution in [0.5, 0.6) is 0 Å². The van der Waals surface area contributed by atoms with Crippen LogP contribution in [-0.2, 0) is 0 Å². The molecule has 0 aliphatic heterocycles. The minimum Gasteiger partial charge on any atom is -0.381 e. The van der Waals surface area contributed by atoms with Crippen molar-refractivity contribution in [2.75, 3.05) is 19.0 Å². The van der Waals surface area contributed by atoms with E-state index in [9.17, 15) is 0 Å². The Labute approximate surface area is 118 Å². The molecule has 108 valence electrons. The third-order valence-corrected chi connectivity index (χ3v) is 2.51. The Hall–Kier alpha value is -2.57. The van der Waals surface area contributed by atoms with Gasteiger partial charge in [-0.3, -0.25) is 15.4 Å². The number of nitrogens with one attached hydrogen (secondary N) is 1. The van der Waals surface area contributed by atoms with Crippen LogP contribution in [0.2, 0.25) is 0 Å². The monoisotopic (exact) mass is 275 g/mol. The van der Waals surface area contributed by atoms with E-state index in [1.807, 2.05) is 30.3 Å². The zero-order chi connectivity index (χ0) is 14.8. The molecule has 0 amide bonds. The van der Waals surface area contributed by atoms with E-state index >= 15 is 0 Å². The molecule has 0 aliphatic rings. The van der Waals surface area contributed by atoms with Crippen LogP contribution >= 0.6 is 0 Å². The number of amidine groups is 1. The summed E-state index contributed by atoms with van der Waals surface area (Å²) >= 11 is 0. The Kier molecular flexibility index (Phi) is 6.60. The Bertz CT molecular complexity index is 487. The number of guanidine groups is 1. The number of hydrogen-bond acceptors (Lipinski definition) is 4. The van der Waals surface area contributed by atoms with E-state index in [0.29, 0.717) is 18.8 Å². The summed E-state index contributed by atoms with van der Waals surface area (Å²) < 4.78 is 0. The highest BCUT2D eigenvalue weighted by atomic mass is 15.3. The lowest BCUT2D eigenvalue weighted by Gasteiger charge is -2.05. The lowest BCUT2D eigenvalue weighted by Crippen LogP contribution is -2.26. The van der Waals surface area contributed by atoms with Crippen LogP contribution < -0.4 is 22.6 Å². The van der Waals surface area contributed by atoms with Gasteiger partial charge in [-0.2, -0.15) is 5.10 Å². The van der Waals surface area contributed by atoms with Crippen molar-refractivity contribution in [3.8, 4) is 0 Å². The summed E-state index contributed by atoms with van der Waals surface area (Å²) in [5.41, 5.74) is 20.9. The number of hydrogen-bond donors (Lipinski definition) is 4. The number of benzene rings is 1. The Morgan fingerprint density at radius 3 is 2.45 bits per heavy atom. The number of para-hydroxylation sites is 1. The number of hydrazone groups is 1. The van der Waals surface area contributed by atoms with Crippen LogP contribution in [-0.4, -0.2) is 31.1 Å². The van der Waals surface area contributed by atoms with E-state index in [0.717, 1.165) is 17.8 Å². The molecular weight excluding hydrogens is 254 g/mol. The third-order valence-electron chi connectivity index (χ3n) is 2.51. The van der Waals surface area contributed by atoms with E-state index < -0.39 is 0 Å². The summed E-state index contributed by atoms with van der Waals surface area (Å²) in [6.45, 7) is 0.542. The number of nitrogens with zero attached hydrogens (tertiary/aromatic N) is 3. The molecule has 0 fully saturated rings. The van der Waals surface area contributed by atoms with Gasteiger partial charge in [0.1, 0.15) is 0 Å². The molecule has 20 heavy (non-hydrogen) atoms. The summed E-state index contributed by atoms with van der Waals surface area (Å²) in [4.78, 5) is 8.03. The minimum atomic E-state index is 0.0902. The first-order valence-electron chi connectivity index (χ1n) is 6.29. The molecule has 7 N–H and O–H groups in total. The van der Waals surface area contributed by atoms with Crippen LogP contribution in [0.15, 0.2) is 45.4 Å². The van der Waals surface area contributed by atoms with Crippen LogP contribution in [0, 0.1) is 0 Å². The molecule has 1 aromatic rings. The number of nitrogens with two attached hydrogens (primary N) is 3. The molecule has 1 rings (SSSR count). The van der Waals surface area contributed by atoms with Crippen molar-refractivity contribution in [1.82, 2.24) is 0 Å². The topological polar surface area (TPSA) is 127 Å². The average molecular weight is 275 g/mol. The van der Waals surface area contributed by atoms with Crippen molar-refractivity contribution in [2.45, 2.75) is 12.8 Å². The first-order chi connectivity index (χ1) is 9.63. The summed E-state index contributed by atoms with van der Waals surface area (Å²) in [7, 11) is 1.68. The highest BCUT2D eigenvalue weighted by Crippen LogP contribution is 2.04. The van der Waals surface area contributed by atoms with E-state index in [1.54, 1.807) is 7.05 Å². The van der Waals surface area contributed by atoms with Crippen LogP contribution in [0.1, 0.15) is 12.8 Å². The van der Waals surface area contributed by atoms with E-state index in [4.69, 9.17) is 17.2 Å². The van der Waals surface area contributed by atoms with E-state index in [-0.39, 0.29) is 5.96 Å². The van der Waals surface area contributed by atoms with Gasteiger partial charge in [0.2, 0.25) is 0 Å². The Balaban J connectivity index is 2.50. The zero-order valence-corrected chi connectivity index (χ0v) is 11.6. The molecule has 0 aliphatic carbocycles. The molecule has 0 radical (unpaired) electrons. The summed E-state index contributed by atoms with van der Waals surface area (Å²) in [5, 5.41) is 4.11. The Morgan fingerprint density at radius 1 is 1.15 bits per heavy atom. The van der Waals surface area contributed by atoms with E-state index in [1.165, 1.54) is 0 Å². The normalized spacial score (nSPS) is 12.1. The predicted molar refractivity (Wildman–Crippen MR) is 85.0 cm³/mol. The van der Waals surface area contributed by atoms with Gasteiger partial charge >= 0.3 is 0 Å². The van der Waals surface area contributed by atoms with Gasteiger partial charge in [0.15, 0.2) is 11.8 Å². The molecule has 0 atom stereocenters. The number of anilines is 1. The fraction of sp³-hybridized carbons (Fsp3) is 0.308. The summed E-state index contributed by atoms with van der Waals surface area (Å²) in [6, 6.07) is 9.56. The maximum atomic E-state index is 5.89. The largest absolute Gasteiger partial charge is 0.381 e. The van der Waals surface area contributed by atoms with Crippen molar-refractivity contribution < 1.29 is 0 Å². The fourth-order valence-corrected chi connectivity index (χ4v) is 1.51. The minimum absolute atomic E-state index is 0.0902. The van der Waals surface area contributed by atoms with Gasteiger partial charge in [0, 0.05) is 13.6 Å². The molecule has 1 aromatic carbocycles. The first-order valence-corrected chi connectivity index (χ1v) is 6.29. The maximum absolute atomic E-state index is 5.89. The molecule has 0 spiro atoms. The van der Waals surface area contributed by atoms with Crippen LogP contribution in [0.3, 0.4) is 0 Å². The average Bonchev–Trinajstić information content (AvgIpc) is 2.45. The van der Waals surface area contributed by atoms with Gasteiger partial charge in [-0.15, -0.1) is 0 Å². The van der Waals surface area contributed by atoms with Gasteiger partial charge in [0.05, 0.1) is 11.4 Å². The van der Waals surface area contributed by atoms with Crippen molar-refractivity contribution in [3.05, 3.63) is 30.3 Å². The van der Waals surface area contributed by atoms with Crippen molar-refractivity contribution in [3.63, 3.8) is 0 Å². The second-order valence-electron chi connectivity index (χ2n) is 4.06. The second-order valence-corrected chi connectivity index (χ2v) is 4.06. The fourth-order valence-electron chi connectivity index (χ4n) is 1.51. The van der Waals surface area contributed by atoms with Gasteiger partial charge in [-0.1, -0.05) is 18.2 Å². The smallest absolute Gasteiger partial charge is 0.185 e. The third kappa shape index (κ3) is 5.85. The van der Waals surface area contributed by atoms with Crippen molar-refractivity contribution in [2.24, 2.45) is 32.3 Å². The van der Waals surface area contributed by atoms with Gasteiger partial charge in [-0.25, -0.2) is 0 Å². The first kappa shape index (κ1) is 15.5. The van der Waals surface area contributed by atoms with Crippen LogP contribution in [0.4, 0.5) is 5.69 Å². The Morgan fingerprint density at radius 2 is 1.85 bits per heavy atom. The van der Waals surface area contributed by atoms with Crippen molar-refractivity contribution in [1.29, 1.82) is 0 Å². The molecule has 7 nitrogen and oxygen atoms in total. The molecule has 0 aromatic heterocycles. The molecule has 0 unspecified atom stereocenters. The molecule has 0 heterocycles. The van der Waals surface area contributed by atoms with E-state index in [2.05, 4.69) is 20.5 Å². The molecule has 0 saturated heterocycles. The molecule has 0 saturated carbocycles. The van der Waals surface area contributed by atoms with Crippen LogP contribution in [0.25, 0.3) is 0 Å². The SMILES string of the molecule is CN=C(CCCN=C(N)N)/C(N)=N\Nc1ccccc1. The number of aliphatic imine (C=N–C) groups is 2. The summed E-state index contributed by atoms with van der Waals surface area (Å²) in [6.07, 6.45) is 1.42. The zero-order valence-electron chi connectivity index (χ0n) is 11.6. The lowest BCUT2D eigenvalue weighted by atomic mass is 10.2. The lowest BCUT2D eigenvalue weighted by molar-refractivity contribution is 0.876. The quantitative estimate of drug-likeness (QED) is 0.250.